The number of thioether (sulfide) groups is 1. The molecule has 0 spiro atoms. The van der Waals surface area contributed by atoms with Gasteiger partial charge in [0.1, 0.15) is 29.8 Å². The molecule has 0 aromatic heterocycles. The Morgan fingerprint density at radius 2 is 2.20 bits per heavy atom. The lowest BCUT2D eigenvalue weighted by Gasteiger charge is -2.30. The zero-order chi connectivity index (χ0) is 21.9. The molecule has 3 heterocycles. The summed E-state index contributed by atoms with van der Waals surface area (Å²) in [6, 6.07) is -0.407. The molecule has 3 aliphatic heterocycles. The second-order valence-corrected chi connectivity index (χ2v) is 9.37. The molecule has 30 heavy (non-hydrogen) atoms. The van der Waals surface area contributed by atoms with Crippen molar-refractivity contribution in [3.8, 4) is 0 Å². The molecule has 0 saturated carbocycles. The van der Waals surface area contributed by atoms with Crippen LogP contribution in [0.1, 0.15) is 6.42 Å². The highest BCUT2D eigenvalue weighted by Crippen LogP contribution is 2.44. The summed E-state index contributed by atoms with van der Waals surface area (Å²) in [6.45, 7) is -0.629. The zero-order valence-corrected chi connectivity index (χ0v) is 18.0. The van der Waals surface area contributed by atoms with Crippen molar-refractivity contribution in [1.29, 1.82) is 0 Å². The van der Waals surface area contributed by atoms with Gasteiger partial charge in [-0.15, -0.1) is 0 Å². The van der Waals surface area contributed by atoms with E-state index in [2.05, 4.69) is 15.3 Å². The molecule has 0 aromatic carbocycles. The molecule has 7 atom stereocenters. The molecule has 1 fully saturated rings. The molecular formula is C15H27N6O7PS. The number of aliphatic hydroxyl groups excluding tert-OH is 2. The molecule has 0 radical (unpaired) electrons. The van der Waals surface area contributed by atoms with E-state index >= 15 is 0 Å². The average Bonchev–Trinajstić information content (AvgIpc) is 3.26. The zero-order valence-electron chi connectivity index (χ0n) is 16.3. The van der Waals surface area contributed by atoms with E-state index in [0.717, 1.165) is 5.75 Å². The van der Waals surface area contributed by atoms with E-state index in [0.29, 0.717) is 17.9 Å². The maximum absolute atomic E-state index is 12.1. The van der Waals surface area contributed by atoms with Crippen LogP contribution in [0.2, 0.25) is 0 Å². The predicted molar refractivity (Wildman–Crippen MR) is 110 cm³/mol. The molecule has 3 rings (SSSR count). The molecule has 170 valence electrons. The lowest BCUT2D eigenvalue weighted by atomic mass is 10.1. The summed E-state index contributed by atoms with van der Waals surface area (Å²) in [6.07, 6.45) is -0.0722. The van der Waals surface area contributed by atoms with Crippen LogP contribution >= 0.6 is 19.6 Å². The molecule has 2 unspecified atom stereocenters. The highest BCUT2D eigenvalue weighted by atomic mass is 32.2. The van der Waals surface area contributed by atoms with Crippen LogP contribution in [0.15, 0.2) is 21.5 Å². The Kier molecular flexibility index (Phi) is 7.76. The molecule has 0 aliphatic carbocycles. The second kappa shape index (κ2) is 9.94. The average molecular weight is 466 g/mol. The molecule has 0 bridgehead atoms. The van der Waals surface area contributed by atoms with Crippen molar-refractivity contribution in [2.24, 2.45) is 21.5 Å². The first-order valence-corrected chi connectivity index (χ1v) is 12.1. The maximum atomic E-state index is 12.1. The van der Waals surface area contributed by atoms with Gasteiger partial charge in [-0.25, -0.2) is 14.5 Å². The van der Waals surface area contributed by atoms with Gasteiger partial charge in [0.15, 0.2) is 12.4 Å². The summed E-state index contributed by atoms with van der Waals surface area (Å²) in [5.74, 6) is 1.11. The smallest absolute Gasteiger partial charge is 0.387 e. The molecule has 8 N–H and O–H groups in total. The summed E-state index contributed by atoms with van der Waals surface area (Å²) >= 11 is 1.61. The molecule has 0 aromatic rings. The molecule has 15 heteroatoms. The third-order valence-electron chi connectivity index (χ3n) is 4.75. The van der Waals surface area contributed by atoms with E-state index in [1.807, 2.05) is 6.26 Å². The van der Waals surface area contributed by atoms with Gasteiger partial charge >= 0.3 is 7.82 Å². The molecular weight excluding hydrogens is 439 g/mol. The number of nitrogens with one attached hydrogen (secondary N) is 1. The lowest BCUT2D eigenvalue weighted by Crippen LogP contribution is -2.47. The fourth-order valence-corrected chi connectivity index (χ4v) is 4.40. The number of nitrogens with two attached hydrogens (primary N) is 2. The largest absolute Gasteiger partial charge is 0.472 e. The Morgan fingerprint density at radius 3 is 2.93 bits per heavy atom. The van der Waals surface area contributed by atoms with Gasteiger partial charge in [-0.3, -0.25) is 9.05 Å². The minimum Gasteiger partial charge on any atom is -0.387 e. The number of phosphoric ester groups is 1. The Hall–Kier alpha value is -1.22. The van der Waals surface area contributed by atoms with Crippen molar-refractivity contribution in [3.63, 3.8) is 0 Å². The molecule has 13 nitrogen and oxygen atoms in total. The summed E-state index contributed by atoms with van der Waals surface area (Å²) in [7, 11) is -4.41. The number of fused-ring (bicyclic) bond motifs is 1. The summed E-state index contributed by atoms with van der Waals surface area (Å²) in [5.41, 5.74) is 12.1. The van der Waals surface area contributed by atoms with Crippen LogP contribution in [0.3, 0.4) is 0 Å². The maximum Gasteiger partial charge on any atom is 0.472 e. The number of aliphatic imine (C=N–C) groups is 2. The first-order chi connectivity index (χ1) is 14.2. The van der Waals surface area contributed by atoms with Crippen molar-refractivity contribution in [2.45, 2.75) is 43.2 Å². The van der Waals surface area contributed by atoms with Crippen LogP contribution in [0.4, 0.5) is 0 Å². The van der Waals surface area contributed by atoms with Crippen LogP contribution in [0.25, 0.3) is 0 Å². The van der Waals surface area contributed by atoms with E-state index in [9.17, 15) is 19.7 Å². The van der Waals surface area contributed by atoms with Crippen molar-refractivity contribution < 1.29 is 33.5 Å². The number of rotatable bonds is 10. The molecule has 3 aliphatic rings. The Balaban J connectivity index is 1.53. The lowest BCUT2D eigenvalue weighted by molar-refractivity contribution is -0.0749. The SMILES string of the molecule is CSCC[C@H](N)COP(=O)(O)OC[C@H]1O[C@@H](N2C=NC3=C(N)NC=NC32)[C@H](O)[C@@H]1O. The number of phosphoric acid groups is 1. The van der Waals surface area contributed by atoms with E-state index in [4.69, 9.17) is 25.3 Å². The second-order valence-electron chi connectivity index (χ2n) is 6.93. The highest BCUT2D eigenvalue weighted by Gasteiger charge is 2.49. The first kappa shape index (κ1) is 23.4. The van der Waals surface area contributed by atoms with Crippen LogP contribution in [-0.2, 0) is 18.3 Å². The van der Waals surface area contributed by atoms with Crippen molar-refractivity contribution in [1.82, 2.24) is 10.2 Å². The fraction of sp³-hybridized carbons (Fsp3) is 0.733. The van der Waals surface area contributed by atoms with Crippen molar-refractivity contribution in [2.75, 3.05) is 25.2 Å². The number of nitrogens with zero attached hydrogens (tertiary/aromatic N) is 3. The summed E-state index contributed by atoms with van der Waals surface area (Å²) < 4.78 is 27.6. The normalized spacial score (nSPS) is 33.5. The van der Waals surface area contributed by atoms with Gasteiger partial charge in [0, 0.05) is 6.04 Å². The van der Waals surface area contributed by atoms with Crippen LogP contribution in [0.5, 0.6) is 0 Å². The first-order valence-electron chi connectivity index (χ1n) is 9.21. The van der Waals surface area contributed by atoms with Crippen LogP contribution < -0.4 is 16.8 Å². The van der Waals surface area contributed by atoms with Gasteiger partial charge in [0.05, 0.1) is 25.9 Å². The van der Waals surface area contributed by atoms with E-state index in [-0.39, 0.29) is 6.61 Å². The molecule has 0 amide bonds. The van der Waals surface area contributed by atoms with Crippen molar-refractivity contribution in [3.05, 3.63) is 11.5 Å². The van der Waals surface area contributed by atoms with Gasteiger partial charge < -0.3 is 41.5 Å². The van der Waals surface area contributed by atoms with E-state index in [1.54, 1.807) is 11.8 Å². The van der Waals surface area contributed by atoms with Gasteiger partial charge in [-0.2, -0.15) is 11.8 Å². The van der Waals surface area contributed by atoms with Crippen LogP contribution in [-0.4, -0.2) is 94.7 Å². The van der Waals surface area contributed by atoms with Gasteiger partial charge in [-0.1, -0.05) is 0 Å². The summed E-state index contributed by atoms with van der Waals surface area (Å²) in [4.78, 5) is 19.7. The Bertz CT molecular complexity index is 755. The Morgan fingerprint density at radius 1 is 1.43 bits per heavy atom. The molecule has 1 saturated heterocycles. The third-order valence-corrected chi connectivity index (χ3v) is 6.34. The minimum atomic E-state index is -4.41. The third kappa shape index (κ3) is 5.33. The van der Waals surface area contributed by atoms with E-state index in [1.165, 1.54) is 17.6 Å². The number of ether oxygens (including phenoxy) is 1. The quantitative estimate of drug-likeness (QED) is 0.195. The van der Waals surface area contributed by atoms with Gasteiger partial charge in [0.2, 0.25) is 0 Å². The van der Waals surface area contributed by atoms with Crippen molar-refractivity contribution >= 4 is 32.3 Å². The van der Waals surface area contributed by atoms with Gasteiger partial charge in [0.25, 0.3) is 0 Å². The number of aliphatic hydroxyl groups is 2. The number of hydrogen-bond acceptors (Lipinski definition) is 13. The minimum absolute atomic E-state index is 0.151. The fourth-order valence-electron chi connectivity index (χ4n) is 3.07. The number of hydrogen-bond donors (Lipinski definition) is 6. The van der Waals surface area contributed by atoms with E-state index < -0.39 is 51.2 Å². The standard InChI is InChI=1S/C15H27N6O7PS/c1-30-3-2-8(16)4-26-29(24,25)27-5-9-11(22)12(23)15(28-9)21-7-20-10-13(17)18-6-19-14(10)21/h6-9,11-12,14-15,22-23H,2-5,16-17H2,1H3,(H,18,19)(H,24,25)/t8-,9+,11+,12+,14?,15+/m0/s1. The predicted octanol–water partition coefficient (Wildman–Crippen LogP) is -1.92. The highest BCUT2D eigenvalue weighted by molar-refractivity contribution is 7.98. The van der Waals surface area contributed by atoms with Crippen LogP contribution in [0, 0.1) is 0 Å². The topological polar surface area (TPSA) is 197 Å². The summed E-state index contributed by atoms with van der Waals surface area (Å²) in [5, 5.41) is 23.4. The Labute approximate surface area is 177 Å². The monoisotopic (exact) mass is 466 g/mol. The van der Waals surface area contributed by atoms with Gasteiger partial charge in [-0.05, 0) is 18.4 Å².